The topological polar surface area (TPSA) is 115 Å². The maximum Gasteiger partial charge on any atom is 0.417 e. The lowest BCUT2D eigenvalue weighted by molar-refractivity contribution is -0.137. The second-order valence-corrected chi connectivity index (χ2v) is 11.5. The van der Waals surface area contributed by atoms with Crippen LogP contribution in [-0.2, 0) is 26.3 Å². The summed E-state index contributed by atoms with van der Waals surface area (Å²) in [6, 6.07) is 9.83. The molecule has 0 bridgehead atoms. The van der Waals surface area contributed by atoms with Gasteiger partial charge in [0.05, 0.1) is 11.3 Å². The average Bonchev–Trinajstić information content (AvgIpc) is 2.82. The smallest absolute Gasteiger partial charge is 0.386 e. The molecule has 1 aliphatic heterocycles. The second-order valence-electron chi connectivity index (χ2n) is 9.15. The highest BCUT2D eigenvalue weighted by Crippen LogP contribution is 2.43. The van der Waals surface area contributed by atoms with Crippen LogP contribution in [0.5, 0.6) is 0 Å². The number of rotatable bonds is 4. The number of aliphatic imine (C=N–C) groups is 1. The van der Waals surface area contributed by atoms with Crippen molar-refractivity contribution in [1.82, 2.24) is 4.98 Å². The zero-order chi connectivity index (χ0) is 28.1. The lowest BCUT2D eigenvalue weighted by Crippen LogP contribution is -2.54. The Balaban J connectivity index is 1.69. The first kappa shape index (κ1) is 27.2. The summed E-state index contributed by atoms with van der Waals surface area (Å²) in [6.45, 7) is 2.64. The van der Waals surface area contributed by atoms with E-state index in [0.29, 0.717) is 12.3 Å². The highest BCUT2D eigenvalue weighted by atomic mass is 32.2. The van der Waals surface area contributed by atoms with Crippen molar-refractivity contribution in [3.63, 3.8) is 0 Å². The average molecular weight is 553 g/mol. The molecule has 1 amide bonds. The second kappa shape index (κ2) is 9.15. The van der Waals surface area contributed by atoms with Crippen LogP contribution in [0, 0.1) is 11.6 Å². The van der Waals surface area contributed by atoms with Crippen molar-refractivity contribution < 1.29 is 35.2 Å². The van der Waals surface area contributed by atoms with Crippen LogP contribution in [0.25, 0.3) is 0 Å². The lowest BCUT2D eigenvalue weighted by Gasteiger charge is -2.40. The van der Waals surface area contributed by atoms with Gasteiger partial charge in [0.1, 0.15) is 28.7 Å². The molecule has 0 saturated heterocycles. The van der Waals surface area contributed by atoms with Crippen LogP contribution in [0.15, 0.2) is 65.8 Å². The molecule has 0 saturated carbocycles. The molecule has 0 unspecified atom stereocenters. The summed E-state index contributed by atoms with van der Waals surface area (Å²) in [5.74, 6) is -3.45. The maximum atomic E-state index is 15.0. The van der Waals surface area contributed by atoms with Crippen LogP contribution in [-0.4, -0.2) is 30.9 Å². The molecule has 4 rings (SSSR count). The Hall–Kier alpha value is -3.87. The molecule has 0 spiro atoms. The van der Waals surface area contributed by atoms with Gasteiger partial charge in [-0.15, -0.1) is 0 Å². The minimum atomic E-state index is -4.63. The SMILES string of the molecule is C[C@@]1(c2cc(NC(=O)c3ccc(C(F)(F)F)cn3)ccc2F)CS(=O)(=O)[C@@](C)(c2cccc(F)c2)C(N)=N1. The van der Waals surface area contributed by atoms with E-state index in [1.807, 2.05) is 0 Å². The third kappa shape index (κ3) is 4.73. The summed E-state index contributed by atoms with van der Waals surface area (Å²) in [5, 5.41) is 2.40. The highest BCUT2D eigenvalue weighted by molar-refractivity contribution is 7.93. The number of hydrogen-bond donors (Lipinski definition) is 2. The minimum Gasteiger partial charge on any atom is -0.386 e. The molecular formula is C25H21F5N4O3S. The fraction of sp³-hybridized carbons (Fsp3) is 0.240. The molecule has 2 heterocycles. The van der Waals surface area contributed by atoms with Gasteiger partial charge < -0.3 is 11.1 Å². The van der Waals surface area contributed by atoms with Crippen LogP contribution in [0.1, 0.15) is 41.0 Å². The number of nitrogens with one attached hydrogen (secondary N) is 1. The number of nitrogens with zero attached hydrogens (tertiary/aromatic N) is 2. The summed E-state index contributed by atoms with van der Waals surface area (Å²) >= 11 is 0. The van der Waals surface area contributed by atoms with Crippen LogP contribution >= 0.6 is 0 Å². The fourth-order valence-corrected chi connectivity index (χ4v) is 6.33. The fourth-order valence-electron chi connectivity index (χ4n) is 4.24. The molecule has 0 fully saturated rings. The number of amides is 1. The zero-order valence-electron chi connectivity index (χ0n) is 20.0. The maximum absolute atomic E-state index is 15.0. The third-order valence-corrected chi connectivity index (χ3v) is 9.08. The van der Waals surface area contributed by atoms with Gasteiger partial charge in [0, 0.05) is 17.4 Å². The normalized spacial score (nSPS) is 23.0. The van der Waals surface area contributed by atoms with E-state index in [4.69, 9.17) is 5.73 Å². The van der Waals surface area contributed by atoms with Crippen molar-refractivity contribution >= 4 is 27.3 Å². The number of alkyl halides is 3. The predicted octanol–water partition coefficient (Wildman–Crippen LogP) is 4.55. The number of benzene rings is 2. The molecule has 2 atom stereocenters. The standard InChI is InChI=1S/C25H21F5N4O3S/c1-23(13-38(36,37)24(2,22(31)34-23)14-4-3-5-16(26)10-14)18-11-17(7-8-19(18)27)33-21(35)20-9-6-15(12-32-20)25(28,29)30/h3-12H,13H2,1-2H3,(H2,31,34)(H,33,35)/t23-,24-/m0/s1. The minimum absolute atomic E-state index is 0.0129. The third-order valence-electron chi connectivity index (χ3n) is 6.45. The molecule has 3 N–H and O–H groups in total. The molecule has 1 aromatic heterocycles. The molecule has 0 radical (unpaired) electrons. The first-order valence-electron chi connectivity index (χ1n) is 11.1. The van der Waals surface area contributed by atoms with E-state index < -0.39 is 55.2 Å². The molecule has 200 valence electrons. The van der Waals surface area contributed by atoms with Gasteiger partial charge in [0.2, 0.25) is 0 Å². The van der Waals surface area contributed by atoms with Gasteiger partial charge in [-0.1, -0.05) is 12.1 Å². The van der Waals surface area contributed by atoms with Crippen molar-refractivity contribution in [2.45, 2.75) is 30.3 Å². The predicted molar refractivity (Wildman–Crippen MR) is 130 cm³/mol. The first-order valence-corrected chi connectivity index (χ1v) is 12.7. The highest BCUT2D eigenvalue weighted by Gasteiger charge is 2.53. The quantitative estimate of drug-likeness (QED) is 0.461. The lowest BCUT2D eigenvalue weighted by atomic mass is 9.91. The molecular weight excluding hydrogens is 531 g/mol. The number of hydrogen-bond acceptors (Lipinski definition) is 6. The zero-order valence-corrected chi connectivity index (χ0v) is 20.8. The Bertz CT molecular complexity index is 1560. The van der Waals surface area contributed by atoms with E-state index >= 15 is 0 Å². The summed E-state index contributed by atoms with van der Waals surface area (Å²) in [6.07, 6.45) is -4.12. The molecule has 3 aromatic rings. The monoisotopic (exact) mass is 552 g/mol. The molecule has 1 aliphatic rings. The molecule has 7 nitrogen and oxygen atoms in total. The summed E-state index contributed by atoms with van der Waals surface area (Å²) in [7, 11) is -4.19. The van der Waals surface area contributed by atoms with E-state index in [1.165, 1.54) is 32.0 Å². The van der Waals surface area contributed by atoms with E-state index in [2.05, 4.69) is 15.3 Å². The Morgan fingerprint density at radius 1 is 1.05 bits per heavy atom. The van der Waals surface area contributed by atoms with Crippen LogP contribution in [0.2, 0.25) is 0 Å². The Morgan fingerprint density at radius 2 is 1.76 bits per heavy atom. The van der Waals surface area contributed by atoms with Crippen molar-refractivity contribution in [1.29, 1.82) is 0 Å². The van der Waals surface area contributed by atoms with Gasteiger partial charge in [-0.3, -0.25) is 14.8 Å². The van der Waals surface area contributed by atoms with Gasteiger partial charge in [-0.2, -0.15) is 13.2 Å². The van der Waals surface area contributed by atoms with Gasteiger partial charge in [-0.25, -0.2) is 17.2 Å². The van der Waals surface area contributed by atoms with Crippen LogP contribution in [0.3, 0.4) is 0 Å². The number of anilines is 1. The summed E-state index contributed by atoms with van der Waals surface area (Å²) < 4.78 is 92.2. The number of pyridine rings is 1. The summed E-state index contributed by atoms with van der Waals surface area (Å²) in [5.41, 5.74) is 2.93. The van der Waals surface area contributed by atoms with Crippen LogP contribution in [0.4, 0.5) is 27.6 Å². The Labute approximate surface area is 214 Å². The molecule has 0 aliphatic carbocycles. The number of sulfone groups is 1. The number of halogens is 5. The number of aromatic nitrogens is 1. The van der Waals surface area contributed by atoms with Crippen molar-refractivity contribution in [2.75, 3.05) is 11.1 Å². The summed E-state index contributed by atoms with van der Waals surface area (Å²) in [4.78, 5) is 20.4. The largest absolute Gasteiger partial charge is 0.417 e. The molecule has 13 heteroatoms. The first-order chi connectivity index (χ1) is 17.6. The number of nitrogens with two attached hydrogens (primary N) is 1. The van der Waals surface area contributed by atoms with Gasteiger partial charge in [-0.05, 0) is 61.9 Å². The molecule has 38 heavy (non-hydrogen) atoms. The number of carbonyl (C=O) groups excluding carboxylic acids is 1. The number of carbonyl (C=O) groups is 1. The van der Waals surface area contributed by atoms with E-state index in [-0.39, 0.29) is 28.3 Å². The van der Waals surface area contributed by atoms with Gasteiger partial charge >= 0.3 is 6.18 Å². The van der Waals surface area contributed by atoms with E-state index in [0.717, 1.165) is 30.3 Å². The van der Waals surface area contributed by atoms with Gasteiger partial charge in [0.25, 0.3) is 5.91 Å². The Morgan fingerprint density at radius 3 is 2.34 bits per heavy atom. The molecule has 2 aromatic carbocycles. The van der Waals surface area contributed by atoms with Crippen molar-refractivity contribution in [3.8, 4) is 0 Å². The number of amidine groups is 1. The van der Waals surface area contributed by atoms with E-state index in [9.17, 15) is 35.2 Å². The van der Waals surface area contributed by atoms with Crippen molar-refractivity contribution in [2.24, 2.45) is 10.7 Å². The van der Waals surface area contributed by atoms with E-state index in [1.54, 1.807) is 0 Å². The van der Waals surface area contributed by atoms with Crippen molar-refractivity contribution in [3.05, 3.63) is 94.8 Å². The Kier molecular flexibility index (Phi) is 6.54. The van der Waals surface area contributed by atoms with Gasteiger partial charge in [0.15, 0.2) is 14.6 Å². The van der Waals surface area contributed by atoms with Crippen LogP contribution < -0.4 is 11.1 Å².